The number of likely N-dealkylation sites (tertiary alicyclic amines) is 1. The summed E-state index contributed by atoms with van der Waals surface area (Å²) in [6.07, 6.45) is 5.99. The number of carboxylic acid groups (broad SMARTS) is 1. The number of rotatable bonds is 5. The van der Waals surface area contributed by atoms with Crippen molar-refractivity contribution in [1.82, 2.24) is 4.90 Å². The minimum absolute atomic E-state index is 0.162. The summed E-state index contributed by atoms with van der Waals surface area (Å²) in [4.78, 5) is 25.7. The highest BCUT2D eigenvalue weighted by molar-refractivity contribution is 6.02. The summed E-state index contributed by atoms with van der Waals surface area (Å²) in [5.41, 5.74) is 0.448. The fraction of sp³-hybridized carbons (Fsp3) is 0.571. The molecule has 1 aromatic heterocycles. The zero-order valence-corrected chi connectivity index (χ0v) is 11.0. The number of aliphatic carboxylic acids is 1. The van der Waals surface area contributed by atoms with Crippen molar-refractivity contribution in [1.29, 1.82) is 0 Å². The van der Waals surface area contributed by atoms with Gasteiger partial charge in [0.15, 0.2) is 5.78 Å². The van der Waals surface area contributed by atoms with Crippen molar-refractivity contribution in [3.63, 3.8) is 0 Å². The molecule has 0 amide bonds. The van der Waals surface area contributed by atoms with E-state index in [2.05, 4.69) is 0 Å². The number of carbonyl (C=O) groups is 2. The molecular weight excluding hydrogens is 246 g/mol. The number of nitrogens with zero attached hydrogens (tertiary/aromatic N) is 1. The van der Waals surface area contributed by atoms with Crippen molar-refractivity contribution >= 4 is 11.8 Å². The van der Waals surface area contributed by atoms with E-state index in [1.807, 2.05) is 4.90 Å². The third kappa shape index (κ3) is 3.04. The Morgan fingerprint density at radius 1 is 1.32 bits per heavy atom. The van der Waals surface area contributed by atoms with Crippen molar-refractivity contribution < 1.29 is 19.1 Å². The second-order valence-electron chi connectivity index (χ2n) is 5.04. The molecule has 2 heterocycles. The first-order chi connectivity index (χ1) is 9.11. The van der Waals surface area contributed by atoms with Gasteiger partial charge in [-0.25, -0.2) is 0 Å². The van der Waals surface area contributed by atoms with Gasteiger partial charge in [-0.15, -0.1) is 0 Å². The Balaban J connectivity index is 2.22. The summed E-state index contributed by atoms with van der Waals surface area (Å²) < 4.78 is 4.93. The fourth-order valence-corrected chi connectivity index (χ4v) is 2.62. The van der Waals surface area contributed by atoms with E-state index in [9.17, 15) is 14.7 Å². The van der Waals surface area contributed by atoms with Crippen LogP contribution >= 0.6 is 0 Å². The molecular formula is C14H19NO4. The topological polar surface area (TPSA) is 70.7 Å². The SMILES string of the molecule is CC(C(=O)O)C(C(=O)c1ccoc1)N1CCCCC1. The lowest BCUT2D eigenvalue weighted by Gasteiger charge is -2.35. The molecule has 0 radical (unpaired) electrons. The predicted octanol–water partition coefficient (Wildman–Crippen LogP) is 2.04. The van der Waals surface area contributed by atoms with Crippen LogP contribution in [0.5, 0.6) is 0 Å². The third-order valence-corrected chi connectivity index (χ3v) is 3.72. The predicted molar refractivity (Wildman–Crippen MR) is 69.1 cm³/mol. The van der Waals surface area contributed by atoms with Gasteiger partial charge in [0.2, 0.25) is 0 Å². The first-order valence-corrected chi connectivity index (χ1v) is 6.64. The van der Waals surface area contributed by atoms with Crippen LogP contribution in [-0.2, 0) is 4.79 Å². The highest BCUT2D eigenvalue weighted by Crippen LogP contribution is 2.22. The maximum absolute atomic E-state index is 12.5. The van der Waals surface area contributed by atoms with E-state index in [1.165, 1.54) is 12.5 Å². The Kier molecular flexibility index (Phi) is 4.37. The van der Waals surface area contributed by atoms with Crippen molar-refractivity contribution in [3.8, 4) is 0 Å². The first-order valence-electron chi connectivity index (χ1n) is 6.64. The Bertz CT molecular complexity index is 434. The molecule has 2 rings (SSSR count). The molecule has 0 bridgehead atoms. The van der Waals surface area contributed by atoms with Crippen LogP contribution in [0.15, 0.2) is 23.0 Å². The van der Waals surface area contributed by atoms with E-state index in [0.29, 0.717) is 5.56 Å². The molecule has 1 aromatic rings. The number of furan rings is 1. The van der Waals surface area contributed by atoms with Crippen molar-refractivity contribution in [2.45, 2.75) is 32.2 Å². The molecule has 2 atom stereocenters. The van der Waals surface area contributed by atoms with Crippen molar-refractivity contribution in [3.05, 3.63) is 24.2 Å². The number of Topliss-reactive ketones (excluding diaryl/α,β-unsaturated/α-hetero) is 1. The van der Waals surface area contributed by atoms with Crippen LogP contribution in [-0.4, -0.2) is 40.9 Å². The largest absolute Gasteiger partial charge is 0.481 e. The Labute approximate surface area is 112 Å². The van der Waals surface area contributed by atoms with Crippen molar-refractivity contribution in [2.24, 2.45) is 5.92 Å². The molecule has 19 heavy (non-hydrogen) atoms. The van der Waals surface area contributed by atoms with Crippen LogP contribution < -0.4 is 0 Å². The maximum atomic E-state index is 12.5. The van der Waals surface area contributed by atoms with Gasteiger partial charge >= 0.3 is 5.97 Å². The van der Waals surface area contributed by atoms with E-state index in [4.69, 9.17) is 4.42 Å². The molecule has 0 saturated carbocycles. The normalized spacial score (nSPS) is 19.8. The summed E-state index contributed by atoms with van der Waals surface area (Å²) in [7, 11) is 0. The summed E-state index contributed by atoms with van der Waals surface area (Å²) in [6, 6.07) is 0.990. The second kappa shape index (κ2) is 6.02. The van der Waals surface area contributed by atoms with Crippen LogP contribution in [0.25, 0.3) is 0 Å². The molecule has 1 aliphatic rings. The number of hydrogen-bond donors (Lipinski definition) is 1. The Hall–Kier alpha value is -1.62. The van der Waals surface area contributed by atoms with Gasteiger partial charge in [-0.3, -0.25) is 14.5 Å². The number of hydrogen-bond acceptors (Lipinski definition) is 4. The first kappa shape index (κ1) is 13.8. The molecule has 1 saturated heterocycles. The van der Waals surface area contributed by atoms with Gasteiger partial charge < -0.3 is 9.52 Å². The smallest absolute Gasteiger partial charge is 0.308 e. The van der Waals surface area contributed by atoms with Crippen LogP contribution in [0.3, 0.4) is 0 Å². The molecule has 0 aliphatic carbocycles. The molecule has 1 fully saturated rings. The van der Waals surface area contributed by atoms with E-state index in [1.54, 1.807) is 13.0 Å². The van der Waals surface area contributed by atoms with Crippen molar-refractivity contribution in [2.75, 3.05) is 13.1 Å². The second-order valence-corrected chi connectivity index (χ2v) is 5.04. The lowest BCUT2D eigenvalue weighted by Crippen LogP contribution is -2.49. The number of ketones is 1. The molecule has 1 N–H and O–H groups in total. The van der Waals surface area contributed by atoms with Gasteiger partial charge in [0.25, 0.3) is 0 Å². The molecule has 0 spiro atoms. The van der Waals surface area contributed by atoms with E-state index < -0.39 is 17.9 Å². The summed E-state index contributed by atoms with van der Waals surface area (Å²) in [5.74, 6) is -1.82. The Morgan fingerprint density at radius 2 is 2.00 bits per heavy atom. The van der Waals surface area contributed by atoms with E-state index >= 15 is 0 Å². The summed E-state index contributed by atoms with van der Waals surface area (Å²) >= 11 is 0. The minimum atomic E-state index is -0.938. The molecule has 1 aliphatic heterocycles. The zero-order chi connectivity index (χ0) is 13.8. The molecule has 5 nitrogen and oxygen atoms in total. The average Bonchev–Trinajstić information content (AvgIpc) is 2.93. The van der Waals surface area contributed by atoms with Gasteiger partial charge in [0, 0.05) is 0 Å². The minimum Gasteiger partial charge on any atom is -0.481 e. The lowest BCUT2D eigenvalue weighted by atomic mass is 9.91. The monoisotopic (exact) mass is 265 g/mol. The molecule has 2 unspecified atom stereocenters. The average molecular weight is 265 g/mol. The quantitative estimate of drug-likeness (QED) is 0.825. The van der Waals surface area contributed by atoms with Gasteiger partial charge in [-0.2, -0.15) is 0 Å². The standard InChI is InChI=1S/C14H19NO4/c1-10(14(17)18)12(15-6-3-2-4-7-15)13(16)11-5-8-19-9-11/h5,8-10,12H,2-4,6-7H2,1H3,(H,17,18). The maximum Gasteiger partial charge on any atom is 0.308 e. The van der Waals surface area contributed by atoms with E-state index in [0.717, 1.165) is 32.4 Å². The summed E-state index contributed by atoms with van der Waals surface area (Å²) in [5, 5.41) is 9.23. The van der Waals surface area contributed by atoms with Crippen LogP contribution in [0.1, 0.15) is 36.5 Å². The van der Waals surface area contributed by atoms with Gasteiger partial charge in [-0.05, 0) is 38.9 Å². The number of carbonyl (C=O) groups excluding carboxylic acids is 1. The summed E-state index contributed by atoms with van der Waals surface area (Å²) in [6.45, 7) is 3.16. The number of piperidine rings is 1. The third-order valence-electron chi connectivity index (χ3n) is 3.72. The molecule has 0 aromatic carbocycles. The van der Waals surface area contributed by atoms with Crippen LogP contribution in [0.2, 0.25) is 0 Å². The number of carboxylic acids is 1. The van der Waals surface area contributed by atoms with Gasteiger partial charge in [0.1, 0.15) is 6.26 Å². The zero-order valence-electron chi connectivity index (χ0n) is 11.0. The van der Waals surface area contributed by atoms with Gasteiger partial charge in [-0.1, -0.05) is 6.42 Å². The highest BCUT2D eigenvalue weighted by Gasteiger charge is 2.36. The highest BCUT2D eigenvalue weighted by atomic mass is 16.4. The molecule has 5 heteroatoms. The fourth-order valence-electron chi connectivity index (χ4n) is 2.62. The van der Waals surface area contributed by atoms with Gasteiger partial charge in [0.05, 0.1) is 23.8 Å². The lowest BCUT2D eigenvalue weighted by molar-refractivity contribution is -0.143. The van der Waals surface area contributed by atoms with Crippen LogP contribution in [0.4, 0.5) is 0 Å². The Morgan fingerprint density at radius 3 is 2.53 bits per heavy atom. The van der Waals surface area contributed by atoms with Crippen LogP contribution in [0, 0.1) is 5.92 Å². The molecule has 104 valence electrons. The van der Waals surface area contributed by atoms with E-state index in [-0.39, 0.29) is 5.78 Å².